The normalized spacial score (nSPS) is 16.4. The second kappa shape index (κ2) is 8.43. The summed E-state index contributed by atoms with van der Waals surface area (Å²) in [5, 5.41) is 3.39. The summed E-state index contributed by atoms with van der Waals surface area (Å²) in [7, 11) is 0. The average Bonchev–Trinajstić information content (AvgIpc) is 2.61. The maximum absolute atomic E-state index is 3.65. The van der Waals surface area contributed by atoms with Gasteiger partial charge in [0.15, 0.2) is 0 Å². The fraction of sp³-hybridized carbons (Fsp3) is 0.300. The molecule has 0 aliphatic carbocycles. The third-order valence-electron chi connectivity index (χ3n) is 4.45. The predicted octanol–water partition coefficient (Wildman–Crippen LogP) is 5.19. The van der Waals surface area contributed by atoms with E-state index in [4.69, 9.17) is 0 Å². The van der Waals surface area contributed by atoms with E-state index < -0.39 is 0 Å². The second-order valence-electron chi connectivity index (χ2n) is 6.14. The van der Waals surface area contributed by atoms with Gasteiger partial charge in [-0.25, -0.2) is 0 Å². The first-order valence-electron chi connectivity index (χ1n) is 8.29. The van der Waals surface area contributed by atoms with Gasteiger partial charge in [0.2, 0.25) is 0 Å². The minimum Gasteiger partial charge on any atom is -0.314 e. The maximum atomic E-state index is 3.65. The molecule has 0 atom stereocenters. The van der Waals surface area contributed by atoms with Crippen LogP contribution in [-0.2, 0) is 0 Å². The van der Waals surface area contributed by atoms with Crippen molar-refractivity contribution in [3.63, 3.8) is 0 Å². The van der Waals surface area contributed by atoms with E-state index in [1.807, 2.05) is 0 Å². The lowest BCUT2D eigenvalue weighted by Crippen LogP contribution is -2.43. The van der Waals surface area contributed by atoms with Crippen LogP contribution in [0, 0.1) is 0 Å². The van der Waals surface area contributed by atoms with Crippen molar-refractivity contribution in [2.75, 3.05) is 32.7 Å². The second-order valence-corrected chi connectivity index (χ2v) is 7.91. The summed E-state index contributed by atoms with van der Waals surface area (Å²) in [6.07, 6.45) is 2.34. The van der Waals surface area contributed by atoms with Crippen molar-refractivity contribution in [2.24, 2.45) is 0 Å². The molecule has 0 amide bonds. The van der Waals surface area contributed by atoms with Gasteiger partial charge in [-0.05, 0) is 41.3 Å². The van der Waals surface area contributed by atoms with E-state index >= 15 is 0 Å². The molecule has 1 aliphatic heterocycles. The smallest absolute Gasteiger partial charge is 0.0264 e. The van der Waals surface area contributed by atoms with Crippen LogP contribution in [0.5, 0.6) is 0 Å². The molecule has 2 aromatic rings. The Balaban J connectivity index is 1.71. The molecule has 126 valence electrons. The number of hydrogen-bond donors (Lipinski definition) is 1. The first kappa shape index (κ1) is 17.9. The van der Waals surface area contributed by atoms with Gasteiger partial charge in [0.1, 0.15) is 0 Å². The molecule has 1 saturated heterocycles. The highest BCUT2D eigenvalue weighted by Crippen LogP contribution is 2.31. The first-order valence-corrected chi connectivity index (χ1v) is 9.88. The van der Waals surface area contributed by atoms with Gasteiger partial charge < -0.3 is 5.32 Å². The van der Waals surface area contributed by atoms with E-state index in [9.17, 15) is 0 Å². The highest BCUT2D eigenvalue weighted by molar-refractivity contribution is 9.11. The minimum absolute atomic E-state index is 1.04. The monoisotopic (exact) mass is 448 g/mol. The van der Waals surface area contributed by atoms with Crippen LogP contribution in [0.4, 0.5) is 0 Å². The topological polar surface area (TPSA) is 15.3 Å². The fourth-order valence-corrected chi connectivity index (χ4v) is 4.19. The molecule has 0 aromatic heterocycles. The molecule has 4 heteroatoms. The first-order chi connectivity index (χ1) is 11.6. The number of halogens is 2. The third-order valence-corrected chi connectivity index (χ3v) is 5.60. The van der Waals surface area contributed by atoms with Crippen molar-refractivity contribution in [1.82, 2.24) is 10.2 Å². The molecule has 2 nitrogen and oxygen atoms in total. The largest absolute Gasteiger partial charge is 0.314 e. The number of rotatable bonds is 4. The number of benzene rings is 2. The van der Waals surface area contributed by atoms with Crippen molar-refractivity contribution in [2.45, 2.75) is 6.92 Å². The van der Waals surface area contributed by atoms with Gasteiger partial charge in [0.05, 0.1) is 0 Å². The van der Waals surface area contributed by atoms with E-state index in [0.717, 1.165) is 41.7 Å². The molecule has 3 rings (SSSR count). The molecule has 0 bridgehead atoms. The van der Waals surface area contributed by atoms with Crippen LogP contribution in [0.3, 0.4) is 0 Å². The van der Waals surface area contributed by atoms with E-state index in [1.165, 1.54) is 22.3 Å². The standard InChI is InChI=1S/C20H22Br2N2/c1-15(8-11-24-12-9-23-10-13-24)16-2-4-17(5-3-16)19-7-6-18(21)14-20(19)22/h2-8,14,23H,9-13H2,1H3. The van der Waals surface area contributed by atoms with Crippen LogP contribution in [-0.4, -0.2) is 37.6 Å². The zero-order chi connectivity index (χ0) is 16.9. The average molecular weight is 450 g/mol. The number of allylic oxidation sites excluding steroid dienone is 1. The van der Waals surface area contributed by atoms with E-state index in [1.54, 1.807) is 0 Å². The van der Waals surface area contributed by atoms with Gasteiger partial charge in [-0.1, -0.05) is 68.3 Å². The molecule has 0 radical (unpaired) electrons. The third kappa shape index (κ3) is 4.57. The molecular weight excluding hydrogens is 428 g/mol. The molecular formula is C20H22Br2N2. The molecule has 0 unspecified atom stereocenters. The Bertz CT molecular complexity index is 717. The van der Waals surface area contributed by atoms with E-state index in [0.29, 0.717) is 0 Å². The number of nitrogens with zero attached hydrogens (tertiary/aromatic N) is 1. The SMILES string of the molecule is CC(=CCN1CCNCC1)c1ccc(-c2ccc(Br)cc2Br)cc1. The van der Waals surface area contributed by atoms with Crippen molar-refractivity contribution >= 4 is 37.4 Å². The molecule has 24 heavy (non-hydrogen) atoms. The summed E-state index contributed by atoms with van der Waals surface area (Å²) in [4.78, 5) is 2.49. The van der Waals surface area contributed by atoms with Crippen LogP contribution in [0.1, 0.15) is 12.5 Å². The summed E-state index contributed by atoms with van der Waals surface area (Å²) in [5.41, 5.74) is 5.08. The Hall–Kier alpha value is -0.940. The predicted molar refractivity (Wildman–Crippen MR) is 110 cm³/mol. The number of hydrogen-bond acceptors (Lipinski definition) is 2. The summed E-state index contributed by atoms with van der Waals surface area (Å²) >= 11 is 7.15. The van der Waals surface area contributed by atoms with Gasteiger partial charge in [-0.3, -0.25) is 4.90 Å². The van der Waals surface area contributed by atoms with E-state index in [-0.39, 0.29) is 0 Å². The molecule has 2 aromatic carbocycles. The number of piperazine rings is 1. The quantitative estimate of drug-likeness (QED) is 0.691. The van der Waals surface area contributed by atoms with Crippen molar-refractivity contribution in [1.29, 1.82) is 0 Å². The Labute approximate surface area is 161 Å². The van der Waals surface area contributed by atoms with Crippen LogP contribution in [0.15, 0.2) is 57.5 Å². The molecule has 0 spiro atoms. The lowest BCUT2D eigenvalue weighted by Gasteiger charge is -2.26. The van der Waals surface area contributed by atoms with Crippen molar-refractivity contribution in [3.8, 4) is 11.1 Å². The van der Waals surface area contributed by atoms with Crippen molar-refractivity contribution in [3.05, 3.63) is 63.0 Å². The highest BCUT2D eigenvalue weighted by atomic mass is 79.9. The summed E-state index contributed by atoms with van der Waals surface area (Å²) in [6, 6.07) is 15.1. The molecule has 0 saturated carbocycles. The molecule has 1 heterocycles. The molecule has 1 N–H and O–H groups in total. The number of nitrogens with one attached hydrogen (secondary N) is 1. The lowest BCUT2D eigenvalue weighted by atomic mass is 10.0. The van der Waals surface area contributed by atoms with Crippen LogP contribution >= 0.6 is 31.9 Å². The fourth-order valence-electron chi connectivity index (χ4n) is 2.91. The highest BCUT2D eigenvalue weighted by Gasteiger charge is 2.08. The van der Waals surface area contributed by atoms with Gasteiger partial charge in [0.25, 0.3) is 0 Å². The van der Waals surface area contributed by atoms with Crippen LogP contribution < -0.4 is 5.32 Å². The minimum atomic E-state index is 1.04. The van der Waals surface area contributed by atoms with Crippen LogP contribution in [0.25, 0.3) is 16.7 Å². The Morgan fingerprint density at radius 3 is 2.46 bits per heavy atom. The Kier molecular flexibility index (Phi) is 6.28. The zero-order valence-corrected chi connectivity index (χ0v) is 17.0. The molecule has 1 fully saturated rings. The maximum Gasteiger partial charge on any atom is 0.0264 e. The van der Waals surface area contributed by atoms with E-state index in [2.05, 4.69) is 97.5 Å². The van der Waals surface area contributed by atoms with Crippen LogP contribution in [0.2, 0.25) is 0 Å². The Morgan fingerprint density at radius 1 is 1.08 bits per heavy atom. The summed E-state index contributed by atoms with van der Waals surface area (Å²) in [6.45, 7) is 7.72. The van der Waals surface area contributed by atoms with Gasteiger partial charge in [-0.2, -0.15) is 0 Å². The van der Waals surface area contributed by atoms with Crippen molar-refractivity contribution < 1.29 is 0 Å². The Morgan fingerprint density at radius 2 is 1.79 bits per heavy atom. The summed E-state index contributed by atoms with van der Waals surface area (Å²) in [5.74, 6) is 0. The summed E-state index contributed by atoms with van der Waals surface area (Å²) < 4.78 is 2.19. The van der Waals surface area contributed by atoms with Gasteiger partial charge >= 0.3 is 0 Å². The lowest BCUT2D eigenvalue weighted by molar-refractivity contribution is 0.265. The molecule has 1 aliphatic rings. The van der Waals surface area contributed by atoms with Gasteiger partial charge in [-0.15, -0.1) is 0 Å². The van der Waals surface area contributed by atoms with Gasteiger partial charge in [0, 0.05) is 41.7 Å². The zero-order valence-electron chi connectivity index (χ0n) is 13.9.